The van der Waals surface area contributed by atoms with Gasteiger partial charge in [-0.3, -0.25) is 0 Å². The third kappa shape index (κ3) is 1.31. The second-order valence-corrected chi connectivity index (χ2v) is 3.85. The summed E-state index contributed by atoms with van der Waals surface area (Å²) < 4.78 is 38.6. The number of benzene rings is 1. The molecule has 0 aliphatic rings. The van der Waals surface area contributed by atoms with Crippen molar-refractivity contribution >= 4 is 21.2 Å². The van der Waals surface area contributed by atoms with Crippen LogP contribution >= 0.6 is 0 Å². The first-order valence-corrected chi connectivity index (χ1v) is 4.88. The lowest BCUT2D eigenvalue weighted by atomic mass is 10.3. The molecular weight excluding hydrogens is 195 g/mol. The number of hydrogen-bond acceptors (Lipinski definition) is 3. The highest BCUT2D eigenvalue weighted by molar-refractivity contribution is 7.86. The van der Waals surface area contributed by atoms with E-state index in [2.05, 4.69) is 0 Å². The predicted molar refractivity (Wildman–Crippen MR) is 44.5 cm³/mol. The summed E-state index contributed by atoms with van der Waals surface area (Å²) in [7, 11) is -4.68. The Morgan fingerprint density at radius 2 is 1.92 bits per heavy atom. The van der Waals surface area contributed by atoms with Gasteiger partial charge in [0.2, 0.25) is 0 Å². The van der Waals surface area contributed by atoms with Gasteiger partial charge < -0.3 is 4.42 Å². The van der Waals surface area contributed by atoms with Crippen molar-refractivity contribution in [3.05, 3.63) is 30.5 Å². The van der Waals surface area contributed by atoms with Crippen LogP contribution in [0.15, 0.2) is 39.8 Å². The highest BCUT2D eigenvalue weighted by Gasteiger charge is 2.18. The summed E-state index contributed by atoms with van der Waals surface area (Å²) in [6, 6.07) is 6.36. The fraction of sp³-hybridized carbons (Fsp3) is 0. The number of rotatable bonds is 1. The zero-order valence-electron chi connectivity index (χ0n) is 6.40. The molecule has 2 aromatic rings. The van der Waals surface area contributed by atoms with Gasteiger partial charge in [0.05, 0.1) is 0 Å². The standard InChI is InChI=1S/C8H5FO3S/c9-13(10,11)8-5-12-7-4-2-1-3-6(7)8/h1-5H. The number of hydrogen-bond donors (Lipinski definition) is 0. The van der Waals surface area contributed by atoms with E-state index in [1.54, 1.807) is 18.2 Å². The molecule has 1 heterocycles. The molecule has 0 radical (unpaired) electrons. The number of furan rings is 1. The smallest absolute Gasteiger partial charge is 0.335 e. The lowest BCUT2D eigenvalue weighted by molar-refractivity contribution is 0.547. The molecule has 0 fully saturated rings. The summed E-state index contributed by atoms with van der Waals surface area (Å²) in [5.41, 5.74) is 0.360. The maximum absolute atomic E-state index is 12.6. The first kappa shape index (κ1) is 8.25. The van der Waals surface area contributed by atoms with Gasteiger partial charge in [-0.15, -0.1) is 3.89 Å². The van der Waals surface area contributed by atoms with Gasteiger partial charge in [0, 0.05) is 5.39 Å². The molecule has 3 nitrogen and oxygen atoms in total. The molecule has 13 heavy (non-hydrogen) atoms. The Labute approximate surface area is 74.0 Å². The van der Waals surface area contributed by atoms with Crippen molar-refractivity contribution in [1.82, 2.24) is 0 Å². The SMILES string of the molecule is O=S(=O)(F)c1coc2ccccc12. The summed E-state index contributed by atoms with van der Waals surface area (Å²) >= 11 is 0. The third-order valence-corrected chi connectivity index (χ3v) is 2.55. The van der Waals surface area contributed by atoms with Crippen LogP contribution in [0.3, 0.4) is 0 Å². The summed E-state index contributed by atoms with van der Waals surface area (Å²) in [5.74, 6) is 0. The molecular formula is C8H5FO3S. The molecule has 0 bridgehead atoms. The maximum Gasteiger partial charge on any atom is 0.335 e. The van der Waals surface area contributed by atoms with Crippen molar-refractivity contribution < 1.29 is 16.7 Å². The van der Waals surface area contributed by atoms with Crippen LogP contribution in [0, 0.1) is 0 Å². The minimum Gasteiger partial charge on any atom is -0.463 e. The van der Waals surface area contributed by atoms with Crippen molar-refractivity contribution in [2.75, 3.05) is 0 Å². The van der Waals surface area contributed by atoms with Crippen LogP contribution in [-0.4, -0.2) is 8.42 Å². The van der Waals surface area contributed by atoms with Crippen molar-refractivity contribution in [3.8, 4) is 0 Å². The molecule has 2 rings (SSSR count). The fourth-order valence-corrected chi connectivity index (χ4v) is 1.74. The van der Waals surface area contributed by atoms with Crippen LogP contribution in [0.1, 0.15) is 0 Å². The molecule has 0 saturated carbocycles. The highest BCUT2D eigenvalue weighted by Crippen LogP contribution is 2.25. The highest BCUT2D eigenvalue weighted by atomic mass is 32.3. The molecule has 0 aliphatic heterocycles. The minimum atomic E-state index is -4.68. The van der Waals surface area contributed by atoms with E-state index >= 15 is 0 Å². The van der Waals surface area contributed by atoms with Gasteiger partial charge in [0.15, 0.2) is 0 Å². The van der Waals surface area contributed by atoms with Crippen molar-refractivity contribution in [2.24, 2.45) is 0 Å². The van der Waals surface area contributed by atoms with Gasteiger partial charge in [0.25, 0.3) is 0 Å². The summed E-state index contributed by atoms with van der Waals surface area (Å²) in [5, 5.41) is 0.269. The van der Waals surface area contributed by atoms with Crippen LogP contribution < -0.4 is 0 Å². The minimum absolute atomic E-state index is 0.269. The molecule has 0 N–H and O–H groups in total. The van der Waals surface area contributed by atoms with E-state index < -0.39 is 15.1 Å². The number of para-hydroxylation sites is 1. The lowest BCUT2D eigenvalue weighted by Crippen LogP contribution is -1.88. The summed E-state index contributed by atoms with van der Waals surface area (Å²) in [4.78, 5) is -0.414. The van der Waals surface area contributed by atoms with Crippen LogP contribution in [0.25, 0.3) is 11.0 Å². The Balaban J connectivity index is 2.87. The lowest BCUT2D eigenvalue weighted by Gasteiger charge is -1.88. The first-order chi connectivity index (χ1) is 6.09. The van der Waals surface area contributed by atoms with Crippen molar-refractivity contribution in [1.29, 1.82) is 0 Å². The maximum atomic E-state index is 12.6. The normalized spacial score (nSPS) is 12.1. The Kier molecular flexibility index (Phi) is 1.63. The molecule has 0 saturated heterocycles. The molecule has 0 amide bonds. The molecule has 68 valence electrons. The average molecular weight is 200 g/mol. The second kappa shape index (κ2) is 2.56. The Morgan fingerprint density at radius 3 is 2.62 bits per heavy atom. The van der Waals surface area contributed by atoms with E-state index in [1.165, 1.54) is 6.07 Å². The van der Waals surface area contributed by atoms with Crippen LogP contribution in [-0.2, 0) is 10.2 Å². The monoisotopic (exact) mass is 200 g/mol. The van der Waals surface area contributed by atoms with Gasteiger partial charge in [0.1, 0.15) is 16.7 Å². The predicted octanol–water partition coefficient (Wildman–Crippen LogP) is 2.09. The van der Waals surface area contributed by atoms with Crippen LogP contribution in [0.4, 0.5) is 3.89 Å². The van der Waals surface area contributed by atoms with E-state index in [-0.39, 0.29) is 5.39 Å². The number of fused-ring (bicyclic) bond motifs is 1. The van der Waals surface area contributed by atoms with E-state index in [0.717, 1.165) is 6.26 Å². The fourth-order valence-electron chi connectivity index (χ4n) is 1.14. The quantitative estimate of drug-likeness (QED) is 0.662. The molecule has 1 aromatic heterocycles. The molecule has 0 aliphatic carbocycles. The van der Waals surface area contributed by atoms with Crippen molar-refractivity contribution in [2.45, 2.75) is 4.90 Å². The molecule has 5 heteroatoms. The molecule has 0 spiro atoms. The first-order valence-electron chi connectivity index (χ1n) is 3.50. The Morgan fingerprint density at radius 1 is 1.23 bits per heavy atom. The summed E-state index contributed by atoms with van der Waals surface area (Å²) in [6.07, 6.45) is 0.903. The molecule has 0 unspecified atom stereocenters. The van der Waals surface area contributed by atoms with Crippen molar-refractivity contribution in [3.63, 3.8) is 0 Å². The van der Waals surface area contributed by atoms with Gasteiger partial charge in [-0.2, -0.15) is 8.42 Å². The van der Waals surface area contributed by atoms with Gasteiger partial charge in [-0.1, -0.05) is 12.1 Å². The van der Waals surface area contributed by atoms with Gasteiger partial charge in [-0.05, 0) is 12.1 Å². The molecule has 0 atom stereocenters. The van der Waals surface area contributed by atoms with E-state index in [1.807, 2.05) is 0 Å². The number of halogens is 1. The Hall–Kier alpha value is -1.36. The van der Waals surface area contributed by atoms with E-state index in [4.69, 9.17) is 4.42 Å². The van der Waals surface area contributed by atoms with Gasteiger partial charge in [-0.25, -0.2) is 0 Å². The van der Waals surface area contributed by atoms with Crippen LogP contribution in [0.5, 0.6) is 0 Å². The molecule has 1 aromatic carbocycles. The van der Waals surface area contributed by atoms with Crippen LogP contribution in [0.2, 0.25) is 0 Å². The zero-order valence-corrected chi connectivity index (χ0v) is 7.21. The van der Waals surface area contributed by atoms with E-state index in [9.17, 15) is 12.3 Å². The summed E-state index contributed by atoms with van der Waals surface area (Å²) in [6.45, 7) is 0. The van der Waals surface area contributed by atoms with E-state index in [0.29, 0.717) is 5.58 Å². The average Bonchev–Trinajstić information content (AvgIpc) is 2.45. The second-order valence-electron chi connectivity index (χ2n) is 2.53. The Bertz CT molecular complexity index is 541. The zero-order chi connectivity index (χ0) is 9.47. The third-order valence-electron chi connectivity index (χ3n) is 1.71. The topological polar surface area (TPSA) is 47.3 Å². The van der Waals surface area contributed by atoms with Gasteiger partial charge >= 0.3 is 10.2 Å². The largest absolute Gasteiger partial charge is 0.463 e.